The van der Waals surface area contributed by atoms with Crippen molar-refractivity contribution in [3.05, 3.63) is 48.3 Å². The van der Waals surface area contributed by atoms with Crippen molar-refractivity contribution in [1.82, 2.24) is 14.5 Å². The van der Waals surface area contributed by atoms with Crippen LogP contribution in [0.3, 0.4) is 0 Å². The smallest absolute Gasteiger partial charge is 0.278 e. The van der Waals surface area contributed by atoms with E-state index in [1.54, 1.807) is 0 Å². The van der Waals surface area contributed by atoms with E-state index in [2.05, 4.69) is 10.3 Å². The molecule has 8 heteroatoms. The van der Waals surface area contributed by atoms with Gasteiger partial charge in [-0.2, -0.15) is 0 Å². The molecule has 2 amide bonds. The van der Waals surface area contributed by atoms with E-state index in [0.717, 1.165) is 23.7 Å². The summed E-state index contributed by atoms with van der Waals surface area (Å²) in [6.07, 6.45) is 4.72. The van der Waals surface area contributed by atoms with Crippen LogP contribution >= 0.6 is 0 Å². The molecule has 0 spiro atoms. The Bertz CT molecular complexity index is 1040. The average molecular weight is 410 g/mol. The van der Waals surface area contributed by atoms with Crippen molar-refractivity contribution in [1.29, 1.82) is 0 Å². The molecule has 1 atom stereocenters. The standard InChI is InChI=1S/C22H26N4O4/c1-3-25(4-2)19(27)13-26-10-9-15-12-16(7-8-17(15)26)24-22(28)20-21(30-14-23-20)18-6-5-11-29-18/h7-10,12,14,18H,3-6,11,13H2,1-2H3,(H,24,28). The number of ether oxygens (including phenoxy) is 1. The second kappa shape index (κ2) is 8.71. The van der Waals surface area contributed by atoms with E-state index in [4.69, 9.17) is 9.15 Å². The Morgan fingerprint density at radius 2 is 2.10 bits per heavy atom. The van der Waals surface area contributed by atoms with Crippen LogP contribution in [0.2, 0.25) is 0 Å². The van der Waals surface area contributed by atoms with E-state index in [9.17, 15) is 9.59 Å². The number of oxazole rings is 1. The highest BCUT2D eigenvalue weighted by Gasteiger charge is 2.28. The normalized spacial score (nSPS) is 16.1. The number of likely N-dealkylation sites (N-methyl/N-ethyl adjacent to an activating group) is 1. The van der Waals surface area contributed by atoms with Gasteiger partial charge in [0.2, 0.25) is 5.91 Å². The first-order chi connectivity index (χ1) is 14.6. The summed E-state index contributed by atoms with van der Waals surface area (Å²) >= 11 is 0. The lowest BCUT2D eigenvalue weighted by molar-refractivity contribution is -0.131. The number of hydrogen-bond donors (Lipinski definition) is 1. The summed E-state index contributed by atoms with van der Waals surface area (Å²) in [5, 5.41) is 3.83. The molecule has 1 aliphatic rings. The Morgan fingerprint density at radius 3 is 2.83 bits per heavy atom. The van der Waals surface area contributed by atoms with Crippen LogP contribution in [0.25, 0.3) is 10.9 Å². The summed E-state index contributed by atoms with van der Waals surface area (Å²) in [5.74, 6) is 0.236. The van der Waals surface area contributed by atoms with Crippen molar-refractivity contribution in [3.8, 4) is 0 Å². The lowest BCUT2D eigenvalue weighted by Gasteiger charge is -2.19. The molecular weight excluding hydrogens is 384 g/mol. The third-order valence-electron chi connectivity index (χ3n) is 5.48. The topological polar surface area (TPSA) is 89.6 Å². The highest BCUT2D eigenvalue weighted by atomic mass is 16.5. The second-order valence-corrected chi connectivity index (χ2v) is 7.30. The molecule has 1 N–H and O–H groups in total. The van der Waals surface area contributed by atoms with Crippen molar-refractivity contribution in [3.63, 3.8) is 0 Å². The predicted octanol–water partition coefficient (Wildman–Crippen LogP) is 3.60. The van der Waals surface area contributed by atoms with Crippen LogP contribution in [-0.4, -0.2) is 46.0 Å². The zero-order valence-electron chi connectivity index (χ0n) is 17.3. The molecule has 3 heterocycles. The van der Waals surface area contributed by atoms with Gasteiger partial charge in [-0.3, -0.25) is 9.59 Å². The lowest BCUT2D eigenvalue weighted by atomic mass is 10.1. The summed E-state index contributed by atoms with van der Waals surface area (Å²) in [6.45, 7) is 6.30. The van der Waals surface area contributed by atoms with Gasteiger partial charge >= 0.3 is 0 Å². The lowest BCUT2D eigenvalue weighted by Crippen LogP contribution is -2.33. The quantitative estimate of drug-likeness (QED) is 0.643. The Labute approximate surface area is 174 Å². The minimum atomic E-state index is -0.329. The number of nitrogens with one attached hydrogen (secondary N) is 1. The van der Waals surface area contributed by atoms with Gasteiger partial charge in [-0.1, -0.05) is 0 Å². The molecule has 1 saturated heterocycles. The number of hydrogen-bond acceptors (Lipinski definition) is 5. The van der Waals surface area contributed by atoms with Crippen molar-refractivity contribution in [2.75, 3.05) is 25.0 Å². The fraction of sp³-hybridized carbons (Fsp3) is 0.409. The molecule has 4 rings (SSSR count). The highest BCUT2D eigenvalue weighted by Crippen LogP contribution is 2.31. The first kappa shape index (κ1) is 20.2. The molecule has 1 aromatic carbocycles. The highest BCUT2D eigenvalue weighted by molar-refractivity contribution is 6.04. The van der Waals surface area contributed by atoms with E-state index in [1.165, 1.54) is 6.39 Å². The van der Waals surface area contributed by atoms with Gasteiger partial charge in [0.25, 0.3) is 5.91 Å². The number of fused-ring (bicyclic) bond motifs is 1. The van der Waals surface area contributed by atoms with Gasteiger partial charge in [-0.15, -0.1) is 0 Å². The largest absolute Gasteiger partial charge is 0.445 e. The zero-order chi connectivity index (χ0) is 21.1. The summed E-state index contributed by atoms with van der Waals surface area (Å²) in [6, 6.07) is 7.56. The average Bonchev–Trinajstić information content (AvgIpc) is 3.49. The molecule has 30 heavy (non-hydrogen) atoms. The van der Waals surface area contributed by atoms with Crippen molar-refractivity contribution < 1.29 is 18.7 Å². The van der Waals surface area contributed by atoms with Gasteiger partial charge in [0, 0.05) is 42.5 Å². The number of nitrogens with zero attached hydrogens (tertiary/aromatic N) is 3. The maximum Gasteiger partial charge on any atom is 0.278 e. The summed E-state index contributed by atoms with van der Waals surface area (Å²) in [7, 11) is 0. The van der Waals surface area contributed by atoms with Crippen molar-refractivity contribution >= 4 is 28.4 Å². The molecule has 0 bridgehead atoms. The van der Waals surface area contributed by atoms with E-state index < -0.39 is 0 Å². The fourth-order valence-electron chi connectivity index (χ4n) is 3.87. The number of carbonyl (C=O) groups is 2. The number of aromatic nitrogens is 2. The first-order valence-corrected chi connectivity index (χ1v) is 10.3. The zero-order valence-corrected chi connectivity index (χ0v) is 17.3. The Morgan fingerprint density at radius 1 is 1.27 bits per heavy atom. The van der Waals surface area contributed by atoms with E-state index in [-0.39, 0.29) is 23.6 Å². The third kappa shape index (κ3) is 3.95. The van der Waals surface area contributed by atoms with E-state index in [0.29, 0.717) is 37.7 Å². The van der Waals surface area contributed by atoms with Crippen LogP contribution in [0.1, 0.15) is 49.0 Å². The molecule has 158 valence electrons. The Kier molecular flexibility index (Phi) is 5.85. The predicted molar refractivity (Wildman–Crippen MR) is 112 cm³/mol. The summed E-state index contributed by atoms with van der Waals surface area (Å²) < 4.78 is 13.0. The van der Waals surface area contributed by atoms with Crippen LogP contribution < -0.4 is 5.32 Å². The van der Waals surface area contributed by atoms with Gasteiger partial charge in [0.1, 0.15) is 12.6 Å². The molecule has 2 aromatic heterocycles. The first-order valence-electron chi connectivity index (χ1n) is 10.3. The molecule has 0 aliphatic carbocycles. The van der Waals surface area contributed by atoms with Crippen LogP contribution in [0.5, 0.6) is 0 Å². The minimum absolute atomic E-state index is 0.0857. The number of rotatable bonds is 7. The molecule has 0 saturated carbocycles. The molecule has 0 radical (unpaired) electrons. The summed E-state index contributed by atoms with van der Waals surface area (Å²) in [4.78, 5) is 31.1. The molecular formula is C22H26N4O4. The fourth-order valence-corrected chi connectivity index (χ4v) is 3.87. The van der Waals surface area contributed by atoms with Crippen molar-refractivity contribution in [2.24, 2.45) is 0 Å². The van der Waals surface area contributed by atoms with E-state index >= 15 is 0 Å². The third-order valence-corrected chi connectivity index (χ3v) is 5.48. The van der Waals surface area contributed by atoms with Crippen LogP contribution in [0, 0.1) is 0 Å². The second-order valence-electron chi connectivity index (χ2n) is 7.30. The van der Waals surface area contributed by atoms with Gasteiger partial charge in [0.05, 0.1) is 0 Å². The van der Waals surface area contributed by atoms with Gasteiger partial charge in [0.15, 0.2) is 17.8 Å². The van der Waals surface area contributed by atoms with Gasteiger partial charge < -0.3 is 23.9 Å². The van der Waals surface area contributed by atoms with Crippen molar-refractivity contribution in [2.45, 2.75) is 39.3 Å². The molecule has 1 unspecified atom stereocenters. The number of anilines is 1. The maximum absolute atomic E-state index is 12.7. The van der Waals surface area contributed by atoms with Gasteiger partial charge in [-0.25, -0.2) is 4.98 Å². The molecule has 1 aliphatic heterocycles. The van der Waals surface area contributed by atoms with Crippen LogP contribution in [-0.2, 0) is 16.1 Å². The van der Waals surface area contributed by atoms with Crippen LogP contribution in [0.15, 0.2) is 41.3 Å². The molecule has 8 nitrogen and oxygen atoms in total. The minimum Gasteiger partial charge on any atom is -0.445 e. The molecule has 3 aromatic rings. The Hall–Kier alpha value is -3.13. The van der Waals surface area contributed by atoms with Crippen LogP contribution in [0.4, 0.5) is 5.69 Å². The number of benzene rings is 1. The van der Waals surface area contributed by atoms with E-state index in [1.807, 2.05) is 53.8 Å². The number of carbonyl (C=O) groups excluding carboxylic acids is 2. The molecule has 1 fully saturated rings. The SMILES string of the molecule is CCN(CC)C(=O)Cn1ccc2cc(NC(=O)c3ncoc3C3CCCO3)ccc21. The monoisotopic (exact) mass is 410 g/mol. The Balaban J connectivity index is 1.49. The van der Waals surface area contributed by atoms with Gasteiger partial charge in [-0.05, 0) is 51.0 Å². The maximum atomic E-state index is 12.7. The number of amides is 2. The summed E-state index contributed by atoms with van der Waals surface area (Å²) in [5.41, 5.74) is 1.85.